The molecule has 1 saturated heterocycles. The fourth-order valence-electron chi connectivity index (χ4n) is 3.62. The van der Waals surface area contributed by atoms with E-state index in [1.165, 1.54) is 38.9 Å². The molecule has 0 amide bonds. The number of aliphatic imine (C=N–C) groups is 1. The van der Waals surface area contributed by atoms with Crippen molar-refractivity contribution in [3.63, 3.8) is 0 Å². The first-order valence-corrected chi connectivity index (χ1v) is 10.1. The van der Waals surface area contributed by atoms with Crippen molar-refractivity contribution in [1.29, 1.82) is 0 Å². The van der Waals surface area contributed by atoms with Gasteiger partial charge in [0.15, 0.2) is 17.5 Å². The maximum atomic E-state index is 5.42. The zero-order valence-corrected chi connectivity index (χ0v) is 18.0. The normalized spacial score (nSPS) is 16.0. The number of nitrogens with zero attached hydrogens (tertiary/aromatic N) is 2. The van der Waals surface area contributed by atoms with Crippen LogP contribution in [0.4, 0.5) is 0 Å². The molecule has 0 bridgehead atoms. The third-order valence-electron chi connectivity index (χ3n) is 5.21. The highest BCUT2D eigenvalue weighted by Crippen LogP contribution is 2.38. The number of benzene rings is 1. The van der Waals surface area contributed by atoms with E-state index in [0.29, 0.717) is 29.7 Å². The number of nitrogens with one attached hydrogen (secondary N) is 2. The summed E-state index contributed by atoms with van der Waals surface area (Å²) in [5, 5.41) is 6.84. The molecule has 7 nitrogen and oxygen atoms in total. The molecule has 0 spiro atoms. The van der Waals surface area contributed by atoms with Crippen molar-refractivity contribution < 1.29 is 14.2 Å². The van der Waals surface area contributed by atoms with Gasteiger partial charge in [-0.3, -0.25) is 4.99 Å². The van der Waals surface area contributed by atoms with Crippen molar-refractivity contribution in [2.45, 2.75) is 32.7 Å². The Labute approximate surface area is 169 Å². The molecule has 0 atom stereocenters. The lowest BCUT2D eigenvalue weighted by Crippen LogP contribution is -2.42. The predicted octanol–water partition coefficient (Wildman–Crippen LogP) is 2.50. The van der Waals surface area contributed by atoms with E-state index in [2.05, 4.69) is 27.4 Å². The number of piperidine rings is 1. The fraction of sp³-hybridized carbons (Fsp3) is 0.667. The summed E-state index contributed by atoms with van der Waals surface area (Å²) in [6, 6.07) is 3.90. The van der Waals surface area contributed by atoms with E-state index in [0.717, 1.165) is 18.1 Å². The molecule has 28 heavy (non-hydrogen) atoms. The summed E-state index contributed by atoms with van der Waals surface area (Å²) in [4.78, 5) is 6.91. The lowest BCUT2D eigenvalue weighted by molar-refractivity contribution is 0.185. The second-order valence-electron chi connectivity index (χ2n) is 7.13. The molecule has 7 heteroatoms. The van der Waals surface area contributed by atoms with Gasteiger partial charge in [0.1, 0.15) is 0 Å². The van der Waals surface area contributed by atoms with Crippen LogP contribution in [-0.4, -0.2) is 65.4 Å². The van der Waals surface area contributed by atoms with Crippen LogP contribution in [-0.2, 0) is 6.54 Å². The van der Waals surface area contributed by atoms with Crippen LogP contribution in [0.5, 0.6) is 17.2 Å². The molecule has 1 aromatic carbocycles. The van der Waals surface area contributed by atoms with Crippen LogP contribution in [0.2, 0.25) is 0 Å². The van der Waals surface area contributed by atoms with E-state index in [4.69, 9.17) is 14.2 Å². The van der Waals surface area contributed by atoms with Gasteiger partial charge in [-0.15, -0.1) is 0 Å². The average molecular weight is 393 g/mol. The zero-order valence-electron chi connectivity index (χ0n) is 18.0. The van der Waals surface area contributed by atoms with E-state index in [1.54, 1.807) is 28.4 Å². The van der Waals surface area contributed by atoms with Gasteiger partial charge in [-0.2, -0.15) is 0 Å². The van der Waals surface area contributed by atoms with Crippen LogP contribution in [0, 0.1) is 5.92 Å². The first-order chi connectivity index (χ1) is 13.6. The lowest BCUT2D eigenvalue weighted by Gasteiger charge is -2.32. The van der Waals surface area contributed by atoms with Crippen LogP contribution in [0.25, 0.3) is 0 Å². The number of hydrogen-bond acceptors (Lipinski definition) is 5. The highest BCUT2D eigenvalue weighted by Gasteiger charge is 2.19. The molecule has 0 aliphatic carbocycles. The second kappa shape index (κ2) is 11.6. The van der Waals surface area contributed by atoms with Gasteiger partial charge in [-0.05, 0) is 62.5 Å². The molecule has 1 aromatic rings. The highest BCUT2D eigenvalue weighted by atomic mass is 16.5. The van der Waals surface area contributed by atoms with Crippen molar-refractivity contribution in [2.75, 3.05) is 54.6 Å². The van der Waals surface area contributed by atoms with Crippen molar-refractivity contribution in [2.24, 2.45) is 10.9 Å². The van der Waals surface area contributed by atoms with Gasteiger partial charge in [-0.25, -0.2) is 0 Å². The average Bonchev–Trinajstić information content (AvgIpc) is 2.74. The highest BCUT2D eigenvalue weighted by molar-refractivity contribution is 5.79. The maximum Gasteiger partial charge on any atom is 0.203 e. The molecule has 2 rings (SSSR count). The van der Waals surface area contributed by atoms with Crippen molar-refractivity contribution in [1.82, 2.24) is 15.5 Å². The predicted molar refractivity (Wildman–Crippen MR) is 114 cm³/mol. The summed E-state index contributed by atoms with van der Waals surface area (Å²) in [6.45, 7) is 7.45. The number of guanidine groups is 1. The molecular weight excluding hydrogens is 356 g/mol. The minimum atomic E-state index is 0.602. The molecule has 0 aromatic heterocycles. The number of methoxy groups -OCH3 is 3. The minimum absolute atomic E-state index is 0.602. The topological polar surface area (TPSA) is 67.4 Å². The Bertz CT molecular complexity index is 603. The fourth-order valence-corrected chi connectivity index (χ4v) is 3.62. The van der Waals surface area contributed by atoms with Crippen LogP contribution in [0.15, 0.2) is 17.1 Å². The van der Waals surface area contributed by atoms with E-state index >= 15 is 0 Å². The number of likely N-dealkylation sites (tertiary alicyclic amines) is 1. The minimum Gasteiger partial charge on any atom is -0.493 e. The Morgan fingerprint density at radius 2 is 1.71 bits per heavy atom. The molecule has 158 valence electrons. The third-order valence-corrected chi connectivity index (χ3v) is 5.21. The van der Waals surface area contributed by atoms with Gasteiger partial charge in [0.05, 0.1) is 21.3 Å². The van der Waals surface area contributed by atoms with Crippen LogP contribution < -0.4 is 24.8 Å². The van der Waals surface area contributed by atoms with Crippen LogP contribution >= 0.6 is 0 Å². The Hall–Kier alpha value is -2.15. The van der Waals surface area contributed by atoms with E-state index in [9.17, 15) is 0 Å². The summed E-state index contributed by atoms with van der Waals surface area (Å²) in [7, 11) is 6.66. The SMILES string of the molecule is CCCN1CCC(CNC(=NC)NCc2cc(OC)c(OC)c(OC)c2)CC1. The Morgan fingerprint density at radius 1 is 1.07 bits per heavy atom. The van der Waals surface area contributed by atoms with E-state index < -0.39 is 0 Å². The molecule has 1 heterocycles. The van der Waals surface area contributed by atoms with Crippen molar-refractivity contribution in [3.8, 4) is 17.2 Å². The number of rotatable bonds is 9. The van der Waals surface area contributed by atoms with E-state index in [1.807, 2.05) is 12.1 Å². The van der Waals surface area contributed by atoms with Crippen LogP contribution in [0.1, 0.15) is 31.7 Å². The van der Waals surface area contributed by atoms with Gasteiger partial charge in [0.2, 0.25) is 5.75 Å². The smallest absolute Gasteiger partial charge is 0.203 e. The Balaban J connectivity index is 1.85. The van der Waals surface area contributed by atoms with Crippen molar-refractivity contribution in [3.05, 3.63) is 17.7 Å². The van der Waals surface area contributed by atoms with Gasteiger partial charge in [-0.1, -0.05) is 6.92 Å². The second-order valence-corrected chi connectivity index (χ2v) is 7.13. The Morgan fingerprint density at radius 3 is 2.21 bits per heavy atom. The third kappa shape index (κ3) is 6.19. The molecule has 1 aliphatic heterocycles. The quantitative estimate of drug-likeness (QED) is 0.497. The maximum absolute atomic E-state index is 5.42. The van der Waals surface area contributed by atoms with Crippen molar-refractivity contribution >= 4 is 5.96 Å². The molecule has 0 saturated carbocycles. The first kappa shape index (κ1) is 22.1. The Kier molecular flexibility index (Phi) is 9.20. The molecule has 0 radical (unpaired) electrons. The summed E-state index contributed by atoms with van der Waals surface area (Å²) in [6.07, 6.45) is 3.73. The van der Waals surface area contributed by atoms with Gasteiger partial charge < -0.3 is 29.7 Å². The van der Waals surface area contributed by atoms with Crippen LogP contribution in [0.3, 0.4) is 0 Å². The standard InChI is InChI=1S/C21H36N4O3/c1-6-9-25-10-7-16(8-11-25)14-23-21(22-2)24-15-17-12-18(26-3)20(28-5)19(13-17)27-4/h12-13,16H,6-11,14-15H2,1-5H3,(H2,22,23,24). The van der Waals surface area contributed by atoms with Gasteiger partial charge in [0, 0.05) is 20.1 Å². The number of ether oxygens (including phenoxy) is 3. The van der Waals surface area contributed by atoms with E-state index in [-0.39, 0.29) is 0 Å². The lowest BCUT2D eigenvalue weighted by atomic mass is 9.97. The first-order valence-electron chi connectivity index (χ1n) is 10.1. The molecule has 1 fully saturated rings. The summed E-state index contributed by atoms with van der Waals surface area (Å²) < 4.78 is 16.2. The zero-order chi connectivity index (χ0) is 20.4. The monoisotopic (exact) mass is 392 g/mol. The summed E-state index contributed by atoms with van der Waals surface area (Å²) in [5.41, 5.74) is 1.03. The molecule has 0 unspecified atom stereocenters. The van der Waals surface area contributed by atoms with Gasteiger partial charge in [0.25, 0.3) is 0 Å². The molecule has 1 aliphatic rings. The molecule has 2 N–H and O–H groups in total. The number of hydrogen-bond donors (Lipinski definition) is 2. The largest absolute Gasteiger partial charge is 0.493 e. The summed E-state index contributed by atoms with van der Waals surface area (Å²) >= 11 is 0. The summed E-state index contributed by atoms with van der Waals surface area (Å²) in [5.74, 6) is 3.42. The van der Waals surface area contributed by atoms with Gasteiger partial charge >= 0.3 is 0 Å². The molecular formula is C21H36N4O3.